The molecule has 3 nitrogen and oxygen atoms in total. The highest BCUT2D eigenvalue weighted by atomic mass is 32.2. The van der Waals surface area contributed by atoms with Gasteiger partial charge in [-0.2, -0.15) is 0 Å². The van der Waals surface area contributed by atoms with Gasteiger partial charge in [0.15, 0.2) is 0 Å². The average molecular weight is 267 g/mol. The lowest BCUT2D eigenvalue weighted by Crippen LogP contribution is -2.36. The van der Waals surface area contributed by atoms with Crippen LogP contribution in [0.5, 0.6) is 0 Å². The summed E-state index contributed by atoms with van der Waals surface area (Å²) < 4.78 is 0. The van der Waals surface area contributed by atoms with E-state index in [1.165, 1.54) is 0 Å². The Balaban J connectivity index is 2.64. The smallest absolute Gasteiger partial charge is 0.251 e. The molecule has 1 aromatic rings. The molecule has 0 radical (unpaired) electrons. The van der Waals surface area contributed by atoms with Crippen LogP contribution in [0.2, 0.25) is 0 Å². The number of aliphatic hydroxyl groups excluding tert-OH is 1. The Kier molecular flexibility index (Phi) is 6.22. The average Bonchev–Trinajstić information content (AvgIpc) is 2.35. The minimum absolute atomic E-state index is 0.0243. The van der Waals surface area contributed by atoms with Crippen molar-refractivity contribution in [3.05, 3.63) is 29.8 Å². The first kappa shape index (κ1) is 15.1. The lowest BCUT2D eigenvalue weighted by Gasteiger charge is -2.14. The van der Waals surface area contributed by atoms with E-state index < -0.39 is 0 Å². The van der Waals surface area contributed by atoms with E-state index in [-0.39, 0.29) is 18.6 Å². The summed E-state index contributed by atoms with van der Waals surface area (Å²) in [6.45, 7) is 6.18. The van der Waals surface area contributed by atoms with Crippen LogP contribution in [0.4, 0.5) is 0 Å². The van der Waals surface area contributed by atoms with Gasteiger partial charge in [0.05, 0.1) is 12.6 Å². The van der Waals surface area contributed by atoms with Gasteiger partial charge in [0, 0.05) is 15.7 Å². The topological polar surface area (TPSA) is 49.3 Å². The van der Waals surface area contributed by atoms with Gasteiger partial charge in [0.2, 0.25) is 0 Å². The molecule has 1 unspecified atom stereocenters. The van der Waals surface area contributed by atoms with Gasteiger partial charge in [0.25, 0.3) is 5.91 Å². The van der Waals surface area contributed by atoms with Crippen molar-refractivity contribution in [1.29, 1.82) is 0 Å². The Morgan fingerprint density at radius 3 is 2.39 bits per heavy atom. The normalized spacial score (nSPS) is 12.5. The van der Waals surface area contributed by atoms with Crippen molar-refractivity contribution in [2.45, 2.75) is 43.4 Å². The maximum Gasteiger partial charge on any atom is 0.251 e. The minimum atomic E-state index is -0.165. The van der Waals surface area contributed by atoms with Crippen molar-refractivity contribution < 1.29 is 9.90 Å². The quantitative estimate of drug-likeness (QED) is 0.779. The molecule has 0 bridgehead atoms. The SMILES string of the molecule is CCC(CO)NC(=O)c1ccc(SC(C)C)cc1. The third-order valence-corrected chi connectivity index (χ3v) is 3.55. The van der Waals surface area contributed by atoms with Crippen molar-refractivity contribution in [2.24, 2.45) is 0 Å². The van der Waals surface area contributed by atoms with Crippen LogP contribution in [0.1, 0.15) is 37.6 Å². The minimum Gasteiger partial charge on any atom is -0.394 e. The highest BCUT2D eigenvalue weighted by molar-refractivity contribution is 7.99. The van der Waals surface area contributed by atoms with E-state index >= 15 is 0 Å². The van der Waals surface area contributed by atoms with E-state index in [1.807, 2.05) is 31.2 Å². The molecule has 0 saturated heterocycles. The van der Waals surface area contributed by atoms with Crippen molar-refractivity contribution in [3.63, 3.8) is 0 Å². The fourth-order valence-electron chi connectivity index (χ4n) is 1.50. The fraction of sp³-hybridized carbons (Fsp3) is 0.500. The second-order valence-electron chi connectivity index (χ2n) is 4.45. The Bertz CT molecular complexity index is 372. The molecule has 0 aliphatic rings. The lowest BCUT2D eigenvalue weighted by atomic mass is 10.2. The van der Waals surface area contributed by atoms with Crippen LogP contribution in [0, 0.1) is 0 Å². The summed E-state index contributed by atoms with van der Waals surface area (Å²) in [7, 11) is 0. The predicted octanol–water partition coefficient (Wildman–Crippen LogP) is 2.69. The van der Waals surface area contributed by atoms with E-state index in [1.54, 1.807) is 11.8 Å². The molecule has 0 saturated carbocycles. The summed E-state index contributed by atoms with van der Waals surface area (Å²) in [5.74, 6) is -0.128. The monoisotopic (exact) mass is 267 g/mol. The van der Waals surface area contributed by atoms with Crippen LogP contribution in [0.3, 0.4) is 0 Å². The van der Waals surface area contributed by atoms with Crippen molar-refractivity contribution >= 4 is 17.7 Å². The highest BCUT2D eigenvalue weighted by Crippen LogP contribution is 2.22. The number of nitrogens with one attached hydrogen (secondary N) is 1. The van der Waals surface area contributed by atoms with Crippen LogP contribution < -0.4 is 5.32 Å². The maximum atomic E-state index is 11.9. The van der Waals surface area contributed by atoms with Gasteiger partial charge in [-0.1, -0.05) is 20.8 Å². The number of carbonyl (C=O) groups is 1. The summed E-state index contributed by atoms with van der Waals surface area (Å²) in [6, 6.07) is 7.40. The standard InChI is InChI=1S/C14H21NO2S/c1-4-12(9-16)15-14(17)11-5-7-13(8-6-11)18-10(2)3/h5-8,10,12,16H,4,9H2,1-3H3,(H,15,17). The van der Waals surface area contributed by atoms with E-state index in [4.69, 9.17) is 5.11 Å². The van der Waals surface area contributed by atoms with E-state index in [9.17, 15) is 4.79 Å². The van der Waals surface area contributed by atoms with Gasteiger partial charge in [-0.25, -0.2) is 0 Å². The number of thioether (sulfide) groups is 1. The first-order chi connectivity index (χ1) is 8.56. The van der Waals surface area contributed by atoms with E-state index in [2.05, 4.69) is 19.2 Å². The van der Waals surface area contributed by atoms with Crippen LogP contribution in [-0.4, -0.2) is 28.9 Å². The number of aliphatic hydroxyl groups is 1. The zero-order valence-corrected chi connectivity index (χ0v) is 12.0. The molecule has 0 aliphatic heterocycles. The summed E-state index contributed by atoms with van der Waals surface area (Å²) in [5, 5.41) is 12.4. The van der Waals surface area contributed by atoms with Crippen molar-refractivity contribution in [3.8, 4) is 0 Å². The third-order valence-electron chi connectivity index (χ3n) is 2.54. The van der Waals surface area contributed by atoms with Crippen LogP contribution in [0.15, 0.2) is 29.2 Å². The number of hydrogen-bond acceptors (Lipinski definition) is 3. The summed E-state index contributed by atoms with van der Waals surface area (Å²) in [4.78, 5) is 13.0. The van der Waals surface area contributed by atoms with Crippen LogP contribution in [0.25, 0.3) is 0 Å². The van der Waals surface area contributed by atoms with Gasteiger partial charge < -0.3 is 10.4 Å². The van der Waals surface area contributed by atoms with Crippen LogP contribution >= 0.6 is 11.8 Å². The molecule has 2 N–H and O–H groups in total. The molecule has 0 aliphatic carbocycles. The van der Waals surface area contributed by atoms with Gasteiger partial charge in [0.1, 0.15) is 0 Å². The number of rotatable bonds is 6. The summed E-state index contributed by atoms with van der Waals surface area (Å²) in [6.07, 6.45) is 0.726. The first-order valence-corrected chi connectivity index (χ1v) is 7.13. The highest BCUT2D eigenvalue weighted by Gasteiger charge is 2.11. The fourth-order valence-corrected chi connectivity index (χ4v) is 2.34. The number of carbonyl (C=O) groups excluding carboxylic acids is 1. The van der Waals surface area contributed by atoms with Gasteiger partial charge in [-0.15, -0.1) is 11.8 Å². The second-order valence-corrected chi connectivity index (χ2v) is 6.10. The Morgan fingerprint density at radius 1 is 1.33 bits per heavy atom. The van der Waals surface area contributed by atoms with E-state index in [0.717, 1.165) is 11.3 Å². The van der Waals surface area contributed by atoms with Gasteiger partial charge in [-0.3, -0.25) is 4.79 Å². The zero-order valence-electron chi connectivity index (χ0n) is 11.1. The molecular formula is C14H21NO2S. The molecule has 1 amide bonds. The first-order valence-electron chi connectivity index (χ1n) is 6.25. The molecule has 4 heteroatoms. The molecule has 0 aromatic heterocycles. The van der Waals surface area contributed by atoms with E-state index in [0.29, 0.717) is 10.8 Å². The Hall–Kier alpha value is -1.00. The predicted molar refractivity (Wildman–Crippen MR) is 76.1 cm³/mol. The number of benzene rings is 1. The molecule has 0 fully saturated rings. The maximum absolute atomic E-state index is 11.9. The number of hydrogen-bond donors (Lipinski definition) is 2. The molecule has 0 heterocycles. The molecule has 1 aromatic carbocycles. The summed E-state index contributed by atoms with van der Waals surface area (Å²) >= 11 is 1.77. The Morgan fingerprint density at radius 2 is 1.94 bits per heavy atom. The molecule has 1 atom stereocenters. The molecule has 100 valence electrons. The zero-order chi connectivity index (χ0) is 13.5. The molecule has 1 rings (SSSR count). The largest absolute Gasteiger partial charge is 0.394 e. The molecule has 18 heavy (non-hydrogen) atoms. The molecule has 0 spiro atoms. The molecular weight excluding hydrogens is 246 g/mol. The van der Waals surface area contributed by atoms with Crippen molar-refractivity contribution in [2.75, 3.05) is 6.61 Å². The van der Waals surface area contributed by atoms with Gasteiger partial charge >= 0.3 is 0 Å². The second kappa shape index (κ2) is 7.44. The third kappa shape index (κ3) is 4.70. The van der Waals surface area contributed by atoms with Crippen molar-refractivity contribution in [1.82, 2.24) is 5.32 Å². The number of amides is 1. The van der Waals surface area contributed by atoms with Gasteiger partial charge in [-0.05, 0) is 30.7 Å². The van der Waals surface area contributed by atoms with Crippen LogP contribution in [-0.2, 0) is 0 Å². The summed E-state index contributed by atoms with van der Waals surface area (Å²) in [5.41, 5.74) is 0.634. The Labute approximate surface area is 113 Å². The lowest BCUT2D eigenvalue weighted by molar-refractivity contribution is 0.0915.